The topological polar surface area (TPSA) is 44.1 Å². The highest BCUT2D eigenvalue weighted by Gasteiger charge is 2.18. The van der Waals surface area contributed by atoms with E-state index < -0.39 is 0 Å². The third kappa shape index (κ3) is 2.29. The SMILES string of the molecule is COC(=O)c1cncn1C(C)c1cccc2ccccc12. The lowest BCUT2D eigenvalue weighted by atomic mass is 9.99. The molecule has 3 aromatic rings. The summed E-state index contributed by atoms with van der Waals surface area (Å²) in [6.45, 7) is 2.05. The standard InChI is InChI=1S/C17H16N2O2/c1-12(19-11-18-10-16(19)17(20)21-2)14-9-5-7-13-6-3-4-8-15(13)14/h3-12H,1-2H3. The number of imidazole rings is 1. The highest BCUT2D eigenvalue weighted by molar-refractivity contribution is 5.88. The Bertz CT molecular complexity index is 787. The Balaban J connectivity index is 2.11. The molecule has 0 spiro atoms. The van der Waals surface area contributed by atoms with Gasteiger partial charge in [0.15, 0.2) is 0 Å². The van der Waals surface area contributed by atoms with Crippen molar-refractivity contribution >= 4 is 16.7 Å². The van der Waals surface area contributed by atoms with E-state index in [-0.39, 0.29) is 12.0 Å². The number of methoxy groups -OCH3 is 1. The maximum absolute atomic E-state index is 11.8. The molecule has 0 aliphatic carbocycles. The third-order valence-corrected chi connectivity index (χ3v) is 3.75. The number of aromatic nitrogens is 2. The van der Waals surface area contributed by atoms with Crippen LogP contribution < -0.4 is 0 Å². The minimum atomic E-state index is -0.375. The molecular formula is C17H16N2O2. The zero-order valence-electron chi connectivity index (χ0n) is 12.0. The van der Waals surface area contributed by atoms with E-state index >= 15 is 0 Å². The van der Waals surface area contributed by atoms with Crippen molar-refractivity contribution in [3.05, 3.63) is 66.2 Å². The van der Waals surface area contributed by atoms with Crippen LogP contribution in [0.1, 0.15) is 29.0 Å². The van der Waals surface area contributed by atoms with Gasteiger partial charge in [0.25, 0.3) is 0 Å². The van der Waals surface area contributed by atoms with Crippen molar-refractivity contribution in [2.75, 3.05) is 7.11 Å². The van der Waals surface area contributed by atoms with Crippen LogP contribution in [0.15, 0.2) is 55.0 Å². The number of hydrogen-bond donors (Lipinski definition) is 0. The van der Waals surface area contributed by atoms with Crippen LogP contribution in [-0.2, 0) is 4.74 Å². The second kappa shape index (κ2) is 5.40. The summed E-state index contributed by atoms with van der Waals surface area (Å²) in [5.41, 5.74) is 1.61. The predicted molar refractivity (Wildman–Crippen MR) is 81.3 cm³/mol. The lowest BCUT2D eigenvalue weighted by Crippen LogP contribution is -2.14. The first-order chi connectivity index (χ1) is 10.2. The maximum Gasteiger partial charge on any atom is 0.356 e. The molecule has 0 radical (unpaired) electrons. The first-order valence-corrected chi connectivity index (χ1v) is 6.80. The number of nitrogens with zero attached hydrogens (tertiary/aromatic N) is 2. The van der Waals surface area contributed by atoms with Gasteiger partial charge in [-0.3, -0.25) is 0 Å². The lowest BCUT2D eigenvalue weighted by Gasteiger charge is -2.18. The molecular weight excluding hydrogens is 264 g/mol. The van der Waals surface area contributed by atoms with E-state index in [2.05, 4.69) is 36.2 Å². The first-order valence-electron chi connectivity index (χ1n) is 6.80. The number of esters is 1. The Morgan fingerprint density at radius 2 is 1.95 bits per heavy atom. The van der Waals surface area contributed by atoms with Gasteiger partial charge in [0.2, 0.25) is 0 Å². The molecule has 0 bridgehead atoms. The van der Waals surface area contributed by atoms with Gasteiger partial charge in [-0.1, -0.05) is 42.5 Å². The molecule has 0 aliphatic heterocycles. The Kier molecular flexibility index (Phi) is 3.44. The molecule has 3 rings (SSSR count). The summed E-state index contributed by atoms with van der Waals surface area (Å²) in [6, 6.07) is 14.4. The number of fused-ring (bicyclic) bond motifs is 1. The average Bonchev–Trinajstić information content (AvgIpc) is 3.02. The van der Waals surface area contributed by atoms with Crippen molar-refractivity contribution in [3.63, 3.8) is 0 Å². The highest BCUT2D eigenvalue weighted by Crippen LogP contribution is 2.27. The number of rotatable bonds is 3. The minimum Gasteiger partial charge on any atom is -0.464 e. The van der Waals surface area contributed by atoms with Crippen molar-refractivity contribution in [2.24, 2.45) is 0 Å². The van der Waals surface area contributed by atoms with Crippen molar-refractivity contribution in [2.45, 2.75) is 13.0 Å². The van der Waals surface area contributed by atoms with E-state index in [0.717, 1.165) is 5.56 Å². The Morgan fingerprint density at radius 1 is 1.19 bits per heavy atom. The average molecular weight is 280 g/mol. The Hall–Kier alpha value is -2.62. The molecule has 0 saturated heterocycles. The van der Waals surface area contributed by atoms with Crippen molar-refractivity contribution < 1.29 is 9.53 Å². The van der Waals surface area contributed by atoms with Crippen LogP contribution in [0, 0.1) is 0 Å². The third-order valence-electron chi connectivity index (χ3n) is 3.75. The molecule has 1 heterocycles. The van der Waals surface area contributed by atoms with Gasteiger partial charge in [-0.2, -0.15) is 0 Å². The summed E-state index contributed by atoms with van der Waals surface area (Å²) in [5.74, 6) is -0.375. The van der Waals surface area contributed by atoms with Gasteiger partial charge in [-0.05, 0) is 23.3 Å². The second-order valence-corrected chi connectivity index (χ2v) is 4.92. The van der Waals surface area contributed by atoms with E-state index in [1.807, 2.05) is 22.8 Å². The minimum absolute atomic E-state index is 0.00676. The number of carbonyl (C=O) groups excluding carboxylic acids is 1. The lowest BCUT2D eigenvalue weighted by molar-refractivity contribution is 0.0587. The quantitative estimate of drug-likeness (QED) is 0.690. The molecule has 4 heteroatoms. The van der Waals surface area contributed by atoms with Gasteiger partial charge >= 0.3 is 5.97 Å². The molecule has 0 saturated carbocycles. The van der Waals surface area contributed by atoms with Crippen LogP contribution in [0.5, 0.6) is 0 Å². The summed E-state index contributed by atoms with van der Waals surface area (Å²) < 4.78 is 6.65. The molecule has 0 fully saturated rings. The highest BCUT2D eigenvalue weighted by atomic mass is 16.5. The van der Waals surface area contributed by atoms with Crippen LogP contribution in [0.25, 0.3) is 10.8 Å². The van der Waals surface area contributed by atoms with Crippen molar-refractivity contribution in [3.8, 4) is 0 Å². The van der Waals surface area contributed by atoms with E-state index in [4.69, 9.17) is 4.74 Å². The number of benzene rings is 2. The number of carbonyl (C=O) groups is 1. The van der Waals surface area contributed by atoms with Crippen LogP contribution in [0.3, 0.4) is 0 Å². The zero-order valence-corrected chi connectivity index (χ0v) is 12.0. The molecule has 0 aliphatic rings. The summed E-state index contributed by atoms with van der Waals surface area (Å²) in [5, 5.41) is 2.36. The van der Waals surface area contributed by atoms with Crippen molar-refractivity contribution in [1.82, 2.24) is 9.55 Å². The van der Waals surface area contributed by atoms with E-state index in [1.54, 1.807) is 6.33 Å². The number of ether oxygens (including phenoxy) is 1. The molecule has 1 unspecified atom stereocenters. The van der Waals surface area contributed by atoms with Gasteiger partial charge in [0.05, 0.1) is 25.7 Å². The molecule has 0 amide bonds. The molecule has 106 valence electrons. The van der Waals surface area contributed by atoms with E-state index in [9.17, 15) is 4.79 Å². The molecule has 2 aromatic carbocycles. The van der Waals surface area contributed by atoms with Gasteiger partial charge in [-0.15, -0.1) is 0 Å². The van der Waals surface area contributed by atoms with Gasteiger partial charge < -0.3 is 9.30 Å². The van der Waals surface area contributed by atoms with Gasteiger partial charge in [-0.25, -0.2) is 9.78 Å². The monoisotopic (exact) mass is 280 g/mol. The van der Waals surface area contributed by atoms with Crippen molar-refractivity contribution in [1.29, 1.82) is 0 Å². The predicted octanol–water partition coefficient (Wildman–Crippen LogP) is 3.43. The van der Waals surface area contributed by atoms with Crippen LogP contribution in [-0.4, -0.2) is 22.6 Å². The van der Waals surface area contributed by atoms with E-state index in [1.165, 1.54) is 24.1 Å². The summed E-state index contributed by atoms with van der Waals surface area (Å²) in [7, 11) is 1.38. The summed E-state index contributed by atoms with van der Waals surface area (Å²) >= 11 is 0. The van der Waals surface area contributed by atoms with Gasteiger partial charge in [0, 0.05) is 0 Å². The molecule has 1 aromatic heterocycles. The summed E-state index contributed by atoms with van der Waals surface area (Å²) in [4.78, 5) is 15.9. The van der Waals surface area contributed by atoms with Crippen LogP contribution in [0.4, 0.5) is 0 Å². The van der Waals surface area contributed by atoms with Crippen LogP contribution >= 0.6 is 0 Å². The first kappa shape index (κ1) is 13.4. The maximum atomic E-state index is 11.8. The Labute approximate surface area is 123 Å². The Morgan fingerprint density at radius 3 is 2.76 bits per heavy atom. The van der Waals surface area contributed by atoms with Crippen LogP contribution in [0.2, 0.25) is 0 Å². The molecule has 21 heavy (non-hydrogen) atoms. The fourth-order valence-electron chi connectivity index (χ4n) is 2.64. The molecule has 0 N–H and O–H groups in total. The smallest absolute Gasteiger partial charge is 0.356 e. The fraction of sp³-hybridized carbons (Fsp3) is 0.176. The largest absolute Gasteiger partial charge is 0.464 e. The van der Waals surface area contributed by atoms with E-state index in [0.29, 0.717) is 5.69 Å². The number of hydrogen-bond acceptors (Lipinski definition) is 3. The molecule has 4 nitrogen and oxygen atoms in total. The van der Waals surface area contributed by atoms with Gasteiger partial charge in [0.1, 0.15) is 5.69 Å². The second-order valence-electron chi connectivity index (χ2n) is 4.92. The summed E-state index contributed by atoms with van der Waals surface area (Å²) in [6.07, 6.45) is 3.20. The fourth-order valence-corrected chi connectivity index (χ4v) is 2.64. The zero-order chi connectivity index (χ0) is 14.8. The normalized spacial score (nSPS) is 12.3. The molecule has 1 atom stereocenters.